The topological polar surface area (TPSA) is 112 Å². The highest BCUT2D eigenvalue weighted by atomic mass is 35.5. The molecule has 0 unspecified atom stereocenters. The molecule has 0 spiro atoms. The van der Waals surface area contributed by atoms with Crippen LogP contribution in [0.4, 0.5) is 0 Å². The van der Waals surface area contributed by atoms with E-state index < -0.39 is 21.0 Å². The van der Waals surface area contributed by atoms with Crippen molar-refractivity contribution in [1.82, 2.24) is 10.3 Å². The number of benzene rings is 1. The van der Waals surface area contributed by atoms with Gasteiger partial charge in [-0.2, -0.15) is 0 Å². The van der Waals surface area contributed by atoms with Gasteiger partial charge in [-0.05, 0) is 56.0 Å². The number of carbonyl (C=O) groups excluding carboxylic acids is 1. The second-order valence-electron chi connectivity index (χ2n) is 8.01. The molecule has 1 aliphatic heterocycles. The Morgan fingerprint density at radius 1 is 1.06 bits per heavy atom. The summed E-state index contributed by atoms with van der Waals surface area (Å²) in [4.78, 5) is 17.1. The van der Waals surface area contributed by atoms with Crippen molar-refractivity contribution in [2.24, 2.45) is 0 Å². The van der Waals surface area contributed by atoms with Gasteiger partial charge >= 0.3 is 0 Å². The molecule has 2 aliphatic rings. The molecule has 5 rings (SSSR count). The normalized spacial score (nSPS) is 22.4. The number of hydrogen-bond donors (Lipinski definition) is 1. The molecule has 1 aromatic carbocycles. The summed E-state index contributed by atoms with van der Waals surface area (Å²) in [7, 11) is -3.60. The van der Waals surface area contributed by atoms with Crippen LogP contribution in [0.25, 0.3) is 11.1 Å². The predicted molar refractivity (Wildman–Crippen MR) is 112 cm³/mol. The molecule has 2 fully saturated rings. The Bertz CT molecular complexity index is 1220. The number of rotatable bonds is 5. The number of carbonyl (C=O) groups is 1. The summed E-state index contributed by atoms with van der Waals surface area (Å²) in [6, 6.07) is 8.08. The van der Waals surface area contributed by atoms with Crippen molar-refractivity contribution < 1.29 is 26.8 Å². The summed E-state index contributed by atoms with van der Waals surface area (Å²) in [6.07, 6.45) is 3.18. The third kappa shape index (κ3) is 3.97. The minimum absolute atomic E-state index is 0.00299. The fraction of sp³-hybridized carbons (Fsp3) is 0.429. The minimum Gasteiger partial charge on any atom is -0.440 e. The Kier molecular flexibility index (Phi) is 5.27. The maximum absolute atomic E-state index is 12.5. The van der Waals surface area contributed by atoms with Gasteiger partial charge in [-0.1, -0.05) is 11.6 Å². The maximum Gasteiger partial charge on any atom is 0.287 e. The fourth-order valence-electron chi connectivity index (χ4n) is 3.99. The van der Waals surface area contributed by atoms with Gasteiger partial charge in [0, 0.05) is 17.0 Å². The third-order valence-corrected chi connectivity index (χ3v) is 8.07. The first-order valence-electron chi connectivity index (χ1n) is 10.2. The highest BCUT2D eigenvalue weighted by Crippen LogP contribution is 2.34. The van der Waals surface area contributed by atoms with Gasteiger partial charge in [0.15, 0.2) is 17.2 Å². The third-order valence-electron chi connectivity index (χ3n) is 5.91. The monoisotopic (exact) mass is 464 g/mol. The molecule has 0 atom stereocenters. The fourth-order valence-corrected chi connectivity index (χ4v) is 5.50. The van der Waals surface area contributed by atoms with Gasteiger partial charge in [-0.3, -0.25) is 4.79 Å². The highest BCUT2D eigenvalue weighted by Gasteiger charge is 2.37. The summed E-state index contributed by atoms with van der Waals surface area (Å²) in [5.74, 6) is 0.468. The van der Waals surface area contributed by atoms with Gasteiger partial charge < -0.3 is 18.9 Å². The number of halogens is 1. The van der Waals surface area contributed by atoms with E-state index in [9.17, 15) is 13.2 Å². The molecular formula is C21H21ClN2O6S. The van der Waals surface area contributed by atoms with Crippen molar-refractivity contribution in [3.63, 3.8) is 0 Å². The lowest BCUT2D eigenvalue weighted by Crippen LogP contribution is -2.40. The van der Waals surface area contributed by atoms with E-state index in [2.05, 4.69) is 10.3 Å². The maximum atomic E-state index is 12.5. The van der Waals surface area contributed by atoms with Crippen molar-refractivity contribution in [2.45, 2.75) is 48.0 Å². The zero-order chi connectivity index (χ0) is 21.6. The Balaban J connectivity index is 1.19. The first-order valence-corrected chi connectivity index (χ1v) is 12.1. The molecule has 0 radical (unpaired) electrons. The number of nitrogens with one attached hydrogen (secondary N) is 1. The Hall–Kier alpha value is -2.36. The number of hydrogen-bond acceptors (Lipinski definition) is 7. The number of ether oxygens (including phenoxy) is 1. The molecule has 1 aliphatic carbocycles. The van der Waals surface area contributed by atoms with E-state index in [-0.39, 0.29) is 36.0 Å². The first kappa shape index (κ1) is 20.5. The molecule has 1 saturated carbocycles. The van der Waals surface area contributed by atoms with Crippen LogP contribution >= 0.6 is 11.6 Å². The quantitative estimate of drug-likeness (QED) is 0.612. The van der Waals surface area contributed by atoms with Crippen LogP contribution in [0.1, 0.15) is 48.0 Å². The van der Waals surface area contributed by atoms with Crippen molar-refractivity contribution in [2.75, 3.05) is 13.2 Å². The van der Waals surface area contributed by atoms with Crippen LogP contribution in [0, 0.1) is 0 Å². The van der Waals surface area contributed by atoms with Gasteiger partial charge in [-0.25, -0.2) is 13.4 Å². The SMILES string of the molecule is O=C(NC1CCC(c2nc3cc(Cl)ccc3o2)CC1)c1ccc(S(=O)(=O)C2COC2)o1. The van der Waals surface area contributed by atoms with Crippen molar-refractivity contribution in [3.8, 4) is 0 Å². The number of aromatic nitrogens is 1. The highest BCUT2D eigenvalue weighted by molar-refractivity contribution is 7.92. The van der Waals surface area contributed by atoms with Gasteiger partial charge in [0.1, 0.15) is 10.8 Å². The molecule has 0 bridgehead atoms. The summed E-state index contributed by atoms with van der Waals surface area (Å²) in [6.45, 7) is 0.307. The van der Waals surface area contributed by atoms with Crippen LogP contribution in [-0.4, -0.2) is 43.8 Å². The Labute approximate surface area is 183 Å². The summed E-state index contributed by atoms with van der Waals surface area (Å²) >= 11 is 6.02. The van der Waals surface area contributed by atoms with E-state index in [1.807, 2.05) is 6.07 Å². The molecule has 3 aromatic rings. The van der Waals surface area contributed by atoms with E-state index >= 15 is 0 Å². The Morgan fingerprint density at radius 3 is 2.55 bits per heavy atom. The van der Waals surface area contributed by atoms with Gasteiger partial charge in [0.2, 0.25) is 14.9 Å². The molecule has 1 N–H and O–H groups in total. The largest absolute Gasteiger partial charge is 0.440 e. The smallest absolute Gasteiger partial charge is 0.287 e. The molecule has 3 heterocycles. The van der Waals surface area contributed by atoms with E-state index in [4.69, 9.17) is 25.2 Å². The second-order valence-corrected chi connectivity index (χ2v) is 10.6. The molecule has 1 amide bonds. The zero-order valence-corrected chi connectivity index (χ0v) is 18.1. The first-order chi connectivity index (χ1) is 14.9. The molecule has 164 valence electrons. The molecule has 2 aromatic heterocycles. The van der Waals surface area contributed by atoms with Crippen LogP contribution in [0.3, 0.4) is 0 Å². The summed E-state index contributed by atoms with van der Waals surface area (Å²) < 4.78 is 40.9. The summed E-state index contributed by atoms with van der Waals surface area (Å²) in [5.41, 5.74) is 1.46. The molecule has 31 heavy (non-hydrogen) atoms. The molecular weight excluding hydrogens is 444 g/mol. The molecule has 1 saturated heterocycles. The lowest BCUT2D eigenvalue weighted by atomic mass is 9.86. The lowest BCUT2D eigenvalue weighted by molar-refractivity contribution is 0.0410. The molecule has 8 nitrogen and oxygen atoms in total. The molecule has 10 heteroatoms. The van der Waals surface area contributed by atoms with Crippen LogP contribution in [0.2, 0.25) is 5.02 Å². The standard InChI is InChI=1S/C21H21ClN2O6S/c22-13-3-6-17-16(9-13)24-21(30-17)12-1-4-14(5-2-12)23-20(25)18-7-8-19(29-18)31(26,27)15-10-28-11-15/h3,6-9,12,14-15H,1-2,4-5,10-11H2,(H,23,25). The number of fused-ring (bicyclic) bond motifs is 1. The zero-order valence-electron chi connectivity index (χ0n) is 16.5. The van der Waals surface area contributed by atoms with E-state index in [1.54, 1.807) is 12.1 Å². The number of sulfone groups is 1. The van der Waals surface area contributed by atoms with Crippen LogP contribution in [0.5, 0.6) is 0 Å². The van der Waals surface area contributed by atoms with Crippen molar-refractivity contribution >= 4 is 38.4 Å². The van der Waals surface area contributed by atoms with E-state index in [1.165, 1.54) is 12.1 Å². The second kappa shape index (κ2) is 7.96. The van der Waals surface area contributed by atoms with Gasteiger partial charge in [0.25, 0.3) is 5.91 Å². The number of oxazole rings is 1. The average Bonchev–Trinajstić information content (AvgIpc) is 3.34. The number of nitrogens with zero attached hydrogens (tertiary/aromatic N) is 1. The average molecular weight is 465 g/mol. The summed E-state index contributed by atoms with van der Waals surface area (Å²) in [5, 5.41) is 2.77. The van der Waals surface area contributed by atoms with Crippen LogP contribution in [0.15, 0.2) is 44.3 Å². The minimum atomic E-state index is -3.60. The number of furan rings is 1. The Morgan fingerprint density at radius 2 is 1.84 bits per heavy atom. The van der Waals surface area contributed by atoms with Crippen molar-refractivity contribution in [1.29, 1.82) is 0 Å². The van der Waals surface area contributed by atoms with Crippen LogP contribution in [-0.2, 0) is 14.6 Å². The number of amides is 1. The van der Waals surface area contributed by atoms with Gasteiger partial charge in [-0.15, -0.1) is 0 Å². The van der Waals surface area contributed by atoms with Gasteiger partial charge in [0.05, 0.1) is 13.2 Å². The lowest BCUT2D eigenvalue weighted by Gasteiger charge is -2.27. The van der Waals surface area contributed by atoms with Crippen LogP contribution < -0.4 is 5.32 Å². The van der Waals surface area contributed by atoms with E-state index in [0.29, 0.717) is 16.5 Å². The predicted octanol–water partition coefficient (Wildman–Crippen LogP) is 3.70. The van der Waals surface area contributed by atoms with Crippen molar-refractivity contribution in [3.05, 3.63) is 47.0 Å². The van der Waals surface area contributed by atoms with E-state index in [0.717, 1.165) is 31.2 Å².